The van der Waals surface area contributed by atoms with Crippen molar-refractivity contribution in [2.45, 2.75) is 6.92 Å². The van der Waals surface area contributed by atoms with Crippen molar-refractivity contribution in [2.24, 2.45) is 11.5 Å². The summed E-state index contributed by atoms with van der Waals surface area (Å²) < 4.78 is 4.89. The minimum Gasteiger partial charge on any atom is -0.480 e. The van der Waals surface area contributed by atoms with E-state index >= 15 is 0 Å². The fraction of sp³-hybridized carbons (Fsp3) is 0.286. The Morgan fingerprint density at radius 3 is 2.67 bits per heavy atom. The van der Waals surface area contributed by atoms with Crippen LogP contribution >= 0.6 is 0 Å². The molecule has 0 radical (unpaired) electrons. The van der Waals surface area contributed by atoms with Gasteiger partial charge in [0.05, 0.1) is 6.61 Å². The first kappa shape index (κ1) is 10.3. The summed E-state index contributed by atoms with van der Waals surface area (Å²) in [5.74, 6) is 0.473. The minimum absolute atomic E-state index is 0.215. The van der Waals surface area contributed by atoms with E-state index in [1.807, 2.05) is 6.92 Å². The molecule has 0 aromatic heterocycles. The topological polar surface area (TPSA) is 90.4 Å². The maximum atomic E-state index is 9.87. The average molecular weight is 171 g/mol. The van der Waals surface area contributed by atoms with E-state index in [1.165, 1.54) is 12.2 Å². The lowest BCUT2D eigenvalue weighted by atomic mass is 10.5. The van der Waals surface area contributed by atoms with Crippen LogP contribution in [0.25, 0.3) is 0 Å². The third kappa shape index (κ3) is 5.16. The summed E-state index contributed by atoms with van der Waals surface area (Å²) in [6, 6.07) is 0. The molecule has 0 fully saturated rings. The summed E-state index contributed by atoms with van der Waals surface area (Å²) in [6.07, 6.45) is 3.39. The molecule has 5 heteroatoms. The van der Waals surface area contributed by atoms with Gasteiger partial charge in [-0.05, 0) is 13.0 Å². The summed E-state index contributed by atoms with van der Waals surface area (Å²) in [5, 5.41) is 2.25. The van der Waals surface area contributed by atoms with Gasteiger partial charge in [-0.25, -0.2) is 0 Å². The van der Waals surface area contributed by atoms with Crippen LogP contribution < -0.4 is 16.8 Å². The van der Waals surface area contributed by atoms with E-state index in [9.17, 15) is 4.79 Å². The van der Waals surface area contributed by atoms with Crippen molar-refractivity contribution in [1.82, 2.24) is 5.32 Å². The Balaban J connectivity index is 3.97. The smallest absolute Gasteiger partial charge is 0.212 e. The first-order valence-electron chi connectivity index (χ1n) is 3.46. The van der Waals surface area contributed by atoms with Crippen LogP contribution in [0, 0.1) is 0 Å². The van der Waals surface area contributed by atoms with Gasteiger partial charge >= 0.3 is 0 Å². The summed E-state index contributed by atoms with van der Waals surface area (Å²) >= 11 is 0. The van der Waals surface area contributed by atoms with E-state index < -0.39 is 0 Å². The van der Waals surface area contributed by atoms with Crippen LogP contribution in [0.2, 0.25) is 0 Å². The van der Waals surface area contributed by atoms with Crippen molar-refractivity contribution in [3.05, 3.63) is 23.9 Å². The zero-order chi connectivity index (χ0) is 9.40. The Morgan fingerprint density at radius 2 is 2.17 bits per heavy atom. The number of allylic oxidation sites excluding steroid dienone is 2. The Morgan fingerprint density at radius 1 is 1.50 bits per heavy atom. The van der Waals surface area contributed by atoms with Gasteiger partial charge in [0, 0.05) is 6.08 Å². The van der Waals surface area contributed by atoms with Crippen molar-refractivity contribution in [1.29, 1.82) is 0 Å². The zero-order valence-corrected chi connectivity index (χ0v) is 6.91. The fourth-order valence-electron chi connectivity index (χ4n) is 0.503. The largest absolute Gasteiger partial charge is 0.480 e. The van der Waals surface area contributed by atoms with Crippen LogP contribution in [0.1, 0.15) is 6.92 Å². The molecule has 0 aromatic rings. The molecule has 0 aliphatic rings. The molecule has 5 N–H and O–H groups in total. The minimum atomic E-state index is 0.215. The van der Waals surface area contributed by atoms with E-state index in [1.54, 1.807) is 0 Å². The number of hydrogen-bond donors (Lipinski definition) is 3. The molecule has 0 atom stereocenters. The molecular weight excluding hydrogens is 158 g/mol. The number of nitrogens with two attached hydrogens (primary N) is 2. The van der Waals surface area contributed by atoms with E-state index in [0.29, 0.717) is 13.0 Å². The summed E-state index contributed by atoms with van der Waals surface area (Å²) in [6.45, 7) is 2.31. The van der Waals surface area contributed by atoms with E-state index in [-0.39, 0.29) is 11.7 Å². The van der Waals surface area contributed by atoms with Crippen LogP contribution in [0.15, 0.2) is 23.9 Å². The maximum absolute atomic E-state index is 9.87. The monoisotopic (exact) mass is 171 g/mol. The lowest BCUT2D eigenvalue weighted by Crippen LogP contribution is -2.17. The van der Waals surface area contributed by atoms with Crippen molar-refractivity contribution in [3.63, 3.8) is 0 Å². The number of carbonyl (C=O) groups excluding carboxylic acids is 1. The van der Waals surface area contributed by atoms with Gasteiger partial charge in [-0.3, -0.25) is 4.79 Å². The number of rotatable bonds is 5. The second-order valence-electron chi connectivity index (χ2n) is 1.89. The van der Waals surface area contributed by atoms with Gasteiger partial charge < -0.3 is 21.5 Å². The highest BCUT2D eigenvalue weighted by atomic mass is 16.5. The lowest BCUT2D eigenvalue weighted by Gasteiger charge is -2.00. The summed E-state index contributed by atoms with van der Waals surface area (Å²) in [7, 11) is 0. The van der Waals surface area contributed by atoms with Crippen LogP contribution in [0.5, 0.6) is 0 Å². The van der Waals surface area contributed by atoms with E-state index in [2.05, 4.69) is 5.32 Å². The molecule has 0 bridgehead atoms. The highest BCUT2D eigenvalue weighted by molar-refractivity contribution is 5.49. The molecule has 0 saturated heterocycles. The standard InChI is InChI=1S/C7H13N3O2/c1-2-12-7(9)4-3-6(8)10-5-11/h3-5H,2,8-9H2,1H3,(H,10,11)/b6-3+,7-4+. The normalized spacial score (nSPS) is 12.4. The molecule has 0 rings (SSSR count). The molecule has 5 nitrogen and oxygen atoms in total. The van der Waals surface area contributed by atoms with E-state index in [0.717, 1.165) is 0 Å². The van der Waals surface area contributed by atoms with Crippen molar-refractivity contribution >= 4 is 6.41 Å². The predicted octanol–water partition coefficient (Wildman–Crippen LogP) is -0.631. The number of hydrogen-bond acceptors (Lipinski definition) is 4. The molecule has 0 aromatic carbocycles. The Kier molecular flexibility index (Phi) is 5.25. The second-order valence-corrected chi connectivity index (χ2v) is 1.89. The molecule has 12 heavy (non-hydrogen) atoms. The van der Waals surface area contributed by atoms with Crippen molar-refractivity contribution in [3.8, 4) is 0 Å². The number of carbonyl (C=O) groups is 1. The van der Waals surface area contributed by atoms with Gasteiger partial charge in [-0.1, -0.05) is 0 Å². The molecule has 0 aliphatic carbocycles. The van der Waals surface area contributed by atoms with Gasteiger partial charge in [0.1, 0.15) is 5.82 Å². The average Bonchev–Trinajstić information content (AvgIpc) is 2.02. The molecule has 68 valence electrons. The molecule has 0 aliphatic heterocycles. The highest BCUT2D eigenvalue weighted by Gasteiger charge is 1.86. The van der Waals surface area contributed by atoms with Crippen LogP contribution in [0.4, 0.5) is 0 Å². The quantitative estimate of drug-likeness (QED) is 0.292. The van der Waals surface area contributed by atoms with Gasteiger partial charge in [0.25, 0.3) is 0 Å². The third-order valence-corrected chi connectivity index (χ3v) is 0.964. The molecular formula is C7H13N3O2. The SMILES string of the molecule is CCO/C(N)=C/C=C(\N)NC=O. The van der Waals surface area contributed by atoms with Crippen molar-refractivity contribution < 1.29 is 9.53 Å². The van der Waals surface area contributed by atoms with Gasteiger partial charge in [0.15, 0.2) is 5.88 Å². The van der Waals surface area contributed by atoms with Gasteiger partial charge in [-0.15, -0.1) is 0 Å². The zero-order valence-electron chi connectivity index (χ0n) is 6.91. The number of amides is 1. The lowest BCUT2D eigenvalue weighted by molar-refractivity contribution is -0.108. The third-order valence-electron chi connectivity index (χ3n) is 0.964. The Hall–Kier alpha value is -1.65. The molecule has 1 amide bonds. The first-order valence-corrected chi connectivity index (χ1v) is 3.46. The molecule has 0 heterocycles. The van der Waals surface area contributed by atoms with E-state index in [4.69, 9.17) is 16.2 Å². The summed E-state index contributed by atoms with van der Waals surface area (Å²) in [5.41, 5.74) is 10.6. The van der Waals surface area contributed by atoms with Crippen LogP contribution in [-0.2, 0) is 9.53 Å². The predicted molar refractivity (Wildman–Crippen MR) is 45.4 cm³/mol. The van der Waals surface area contributed by atoms with Gasteiger partial charge in [0.2, 0.25) is 6.41 Å². The van der Waals surface area contributed by atoms with Gasteiger partial charge in [-0.2, -0.15) is 0 Å². The second kappa shape index (κ2) is 6.09. The van der Waals surface area contributed by atoms with Crippen LogP contribution in [-0.4, -0.2) is 13.0 Å². The van der Waals surface area contributed by atoms with Crippen molar-refractivity contribution in [2.75, 3.05) is 6.61 Å². The Labute approximate surface area is 71.1 Å². The fourth-order valence-corrected chi connectivity index (χ4v) is 0.503. The molecule has 0 unspecified atom stereocenters. The summed E-state index contributed by atoms with van der Waals surface area (Å²) in [4.78, 5) is 9.87. The molecule has 0 saturated carbocycles. The number of ether oxygens (including phenoxy) is 1. The first-order chi connectivity index (χ1) is 5.70. The highest BCUT2D eigenvalue weighted by Crippen LogP contribution is 1.88. The number of nitrogens with one attached hydrogen (secondary N) is 1. The maximum Gasteiger partial charge on any atom is 0.212 e. The Bertz CT molecular complexity index is 199. The molecule has 0 spiro atoms. The van der Waals surface area contributed by atoms with Crippen LogP contribution in [0.3, 0.4) is 0 Å².